The highest BCUT2D eigenvalue weighted by Crippen LogP contribution is 2.27. The minimum absolute atomic E-state index is 0. The fourth-order valence-electron chi connectivity index (χ4n) is 3.47. The van der Waals surface area contributed by atoms with Gasteiger partial charge in [-0.2, -0.15) is 0 Å². The molecule has 0 aliphatic heterocycles. The fourth-order valence-corrected chi connectivity index (χ4v) is 6.66. The molecule has 3 aromatic rings. The molecule has 0 aliphatic carbocycles. The Hall–Kier alpha value is -4.81. The molecule has 300 valence electrons. The summed E-state index contributed by atoms with van der Waals surface area (Å²) < 4.78 is 73.2. The van der Waals surface area contributed by atoms with Gasteiger partial charge in [-0.1, -0.05) is 59.7 Å². The van der Waals surface area contributed by atoms with Crippen LogP contribution in [0.3, 0.4) is 0 Å². The maximum atomic E-state index is 11.8. The first kappa shape index (κ1) is 55.0. The van der Waals surface area contributed by atoms with Gasteiger partial charge in [0.1, 0.15) is 0 Å². The Morgan fingerprint density at radius 3 is 1.21 bits per heavy atom. The first-order valence-corrected chi connectivity index (χ1v) is 20.1. The molecule has 0 aromatic heterocycles. The van der Waals surface area contributed by atoms with E-state index >= 15 is 0 Å². The van der Waals surface area contributed by atoms with Gasteiger partial charge in [0.25, 0.3) is 36.1 Å². The third-order valence-electron chi connectivity index (χ3n) is 5.62. The van der Waals surface area contributed by atoms with Crippen LogP contribution in [0.5, 0.6) is 0 Å². The number of benzene rings is 3. The van der Waals surface area contributed by atoms with E-state index in [1.807, 2.05) is 41.5 Å². The molecule has 0 fully saturated rings. The molecule has 20 nitrogen and oxygen atoms in total. The first-order valence-electron chi connectivity index (χ1n) is 14.8. The van der Waals surface area contributed by atoms with E-state index in [2.05, 4.69) is 4.74 Å². The van der Waals surface area contributed by atoms with Crippen molar-refractivity contribution in [3.8, 4) is 0 Å². The minimum atomic E-state index is -4.19. The number of nitrogens with one attached hydrogen (secondary N) is 1. The summed E-state index contributed by atoms with van der Waals surface area (Å²) in [5.41, 5.74) is -0.808. The quantitative estimate of drug-likeness (QED) is 0.129. The third-order valence-corrected chi connectivity index (χ3v) is 9.60. The minimum Gasteiger partial charge on any atom is -0.452 e. The number of nitro benzene ring substituents is 3. The smallest absolute Gasteiger partial charge is 0.420 e. The number of nitro groups is 3. The summed E-state index contributed by atoms with van der Waals surface area (Å²) >= 11 is 0. The van der Waals surface area contributed by atoms with E-state index < -0.39 is 50.0 Å². The summed E-state index contributed by atoms with van der Waals surface area (Å²) in [5, 5.41) is 36.5. The number of methoxy groups -OCH3 is 1. The zero-order chi connectivity index (χ0) is 41.8. The number of amides is 1. The molecule has 0 spiro atoms. The van der Waals surface area contributed by atoms with E-state index in [0.717, 1.165) is 13.2 Å². The topological polar surface area (TPSA) is 331 Å². The zero-order valence-electron chi connectivity index (χ0n) is 30.6. The highest BCUT2D eigenvalue weighted by Gasteiger charge is 2.25. The molecule has 0 unspecified atom stereocenters. The van der Waals surface area contributed by atoms with E-state index in [1.54, 1.807) is 4.72 Å². The molecule has 3 aromatic carbocycles. The number of carbonyl (C=O) groups is 1. The van der Waals surface area contributed by atoms with E-state index in [0.29, 0.717) is 0 Å². The van der Waals surface area contributed by atoms with Crippen molar-refractivity contribution in [3.05, 3.63) is 102 Å². The molecular formula is C29H45ClN6O14S3. The Balaban J connectivity index is -0.000000316. The van der Waals surface area contributed by atoms with Gasteiger partial charge in [0, 0.05) is 45.6 Å². The Labute approximate surface area is 313 Å². The number of nitrogens with zero attached hydrogens (tertiary/aromatic N) is 3. The van der Waals surface area contributed by atoms with Crippen molar-refractivity contribution in [1.82, 2.24) is 10.9 Å². The lowest BCUT2D eigenvalue weighted by Crippen LogP contribution is -2.30. The molecule has 53 heavy (non-hydrogen) atoms. The second-order valence-electron chi connectivity index (χ2n) is 8.55. The predicted molar refractivity (Wildman–Crippen MR) is 200 cm³/mol. The second-order valence-corrected chi connectivity index (χ2v) is 14.3. The molecule has 1 amide bonds. The largest absolute Gasteiger partial charge is 0.452 e. The van der Waals surface area contributed by atoms with Crippen molar-refractivity contribution in [2.45, 2.75) is 77.0 Å². The van der Waals surface area contributed by atoms with Crippen LogP contribution in [0, 0.1) is 51.1 Å². The molecule has 0 radical (unpaired) electrons. The summed E-state index contributed by atoms with van der Waals surface area (Å²) in [6.07, 6.45) is -1.17. The highest BCUT2D eigenvalue weighted by atomic mass is 35.7. The number of primary sulfonamides is 1. The number of halogens is 1. The van der Waals surface area contributed by atoms with Gasteiger partial charge in [0.05, 0.1) is 36.6 Å². The van der Waals surface area contributed by atoms with Crippen molar-refractivity contribution in [1.29, 1.82) is 0 Å². The lowest BCUT2D eigenvalue weighted by atomic mass is 10.2. The van der Waals surface area contributed by atoms with Crippen molar-refractivity contribution in [2.24, 2.45) is 5.14 Å². The molecule has 0 saturated heterocycles. The number of ether oxygens (including phenoxy) is 1. The molecule has 0 aliphatic rings. The number of nitrogens with two attached hydrogens (primary N) is 1. The van der Waals surface area contributed by atoms with Crippen molar-refractivity contribution in [3.63, 3.8) is 0 Å². The predicted octanol–water partition coefficient (Wildman–Crippen LogP) is 6.57. The van der Waals surface area contributed by atoms with Crippen molar-refractivity contribution < 1.29 is 49.6 Å². The summed E-state index contributed by atoms with van der Waals surface area (Å²) in [4.78, 5) is 39.7. The Bertz CT molecular complexity index is 1940. The maximum absolute atomic E-state index is 11.8. The number of carbonyl (C=O) groups excluding carboxylic acids is 1. The summed E-state index contributed by atoms with van der Waals surface area (Å²) in [6.45, 7) is 16.0. The van der Waals surface area contributed by atoms with Crippen LogP contribution < -0.4 is 16.0 Å². The maximum Gasteiger partial charge on any atom is 0.420 e. The lowest BCUT2D eigenvalue weighted by molar-refractivity contribution is -0.385. The zero-order valence-corrected chi connectivity index (χ0v) is 33.8. The van der Waals surface area contributed by atoms with E-state index in [4.69, 9.17) is 15.8 Å². The lowest BCUT2D eigenvalue weighted by Gasteiger charge is -2.08. The van der Waals surface area contributed by atoms with Gasteiger partial charge < -0.3 is 10.9 Å². The van der Waals surface area contributed by atoms with Crippen LogP contribution >= 0.6 is 10.7 Å². The molecule has 0 heterocycles. The van der Waals surface area contributed by atoms with Crippen molar-refractivity contribution >= 4 is 62.9 Å². The number of sulfonamides is 2. The van der Waals surface area contributed by atoms with Crippen LogP contribution in [0.2, 0.25) is 0 Å². The second kappa shape index (κ2) is 25.2. The molecule has 6 N–H and O–H groups in total. The van der Waals surface area contributed by atoms with Gasteiger partial charge in [-0.05, 0) is 39.0 Å². The summed E-state index contributed by atoms with van der Waals surface area (Å²) in [5.74, 6) is 0. The molecule has 0 saturated carbocycles. The van der Waals surface area contributed by atoms with Crippen LogP contribution in [0.4, 0.5) is 21.9 Å². The van der Waals surface area contributed by atoms with Gasteiger partial charge in [0.15, 0.2) is 0 Å². The van der Waals surface area contributed by atoms with Crippen LogP contribution in [0.15, 0.2) is 69.3 Å². The molecule has 24 heteroatoms. The Kier molecular flexibility index (Phi) is 26.1. The highest BCUT2D eigenvalue weighted by molar-refractivity contribution is 8.13. The Morgan fingerprint density at radius 1 is 0.642 bits per heavy atom. The summed E-state index contributed by atoms with van der Waals surface area (Å²) in [6, 6.07) is 11.0. The van der Waals surface area contributed by atoms with Gasteiger partial charge >= 0.3 is 6.09 Å². The SMILES string of the molecule is CC.CC.CC.COC(=O)NS(=O)(=O)c1cccc([N+](=O)[O-])c1C.Cc1c([N+](=O)[O-])cccc1S(=O)(=O)Cl.Cc1c([N+](=O)[O-])cccc1S(N)(=O)=O.N. The van der Waals surface area contributed by atoms with Crippen LogP contribution in [-0.2, 0) is 33.8 Å². The monoisotopic (exact) mass is 832 g/mol. The van der Waals surface area contributed by atoms with E-state index in [-0.39, 0.29) is 54.6 Å². The first-order chi connectivity index (χ1) is 24.0. The molecular weight excluding hydrogens is 788 g/mol. The van der Waals surface area contributed by atoms with E-state index in [9.17, 15) is 60.4 Å². The van der Waals surface area contributed by atoms with Gasteiger partial charge in [-0.15, -0.1) is 0 Å². The van der Waals surface area contributed by atoms with Crippen LogP contribution in [-0.4, -0.2) is 53.2 Å². The van der Waals surface area contributed by atoms with Gasteiger partial charge in [-0.3, -0.25) is 30.3 Å². The third kappa shape index (κ3) is 17.5. The molecule has 0 atom stereocenters. The van der Waals surface area contributed by atoms with Crippen LogP contribution in [0.25, 0.3) is 0 Å². The fraction of sp³-hybridized carbons (Fsp3) is 0.345. The normalized spacial score (nSPS) is 9.96. The number of rotatable bonds is 7. The standard InChI is InChI=1S/C9H10N2O6S.C7H6ClNO4S.C7H8N2O4S.3C2H6.H3N/c1-6-7(11(13)14)4-3-5-8(6)18(15,16)10-9(12)17-2;2*1-5-6(9(10)11)3-2-4-7(5)14(8,12)13;3*1-2;/h3-5H,1-2H3,(H,10,12);2-4H,1H3;2-4H,1H3,(H2,8,12,13);3*1-2H3;1H3. The van der Waals surface area contributed by atoms with Gasteiger partial charge in [-0.25, -0.2) is 39.9 Å². The molecule has 3 rings (SSSR count). The Morgan fingerprint density at radius 2 is 0.925 bits per heavy atom. The average Bonchev–Trinajstić information content (AvgIpc) is 3.06. The molecule has 0 bridgehead atoms. The van der Waals surface area contributed by atoms with E-state index in [1.165, 1.54) is 69.3 Å². The number of hydrogen-bond acceptors (Lipinski definition) is 15. The van der Waals surface area contributed by atoms with Crippen LogP contribution in [0.1, 0.15) is 58.2 Å². The summed E-state index contributed by atoms with van der Waals surface area (Å²) in [7, 11) is -5.91. The number of hydrogen-bond donors (Lipinski definition) is 3. The average molecular weight is 833 g/mol. The van der Waals surface area contributed by atoms with Gasteiger partial charge in [0.2, 0.25) is 10.0 Å². The van der Waals surface area contributed by atoms with Crippen molar-refractivity contribution in [2.75, 3.05) is 7.11 Å².